The molecule has 2 aromatic rings. The fourth-order valence-corrected chi connectivity index (χ4v) is 15.9. The van der Waals surface area contributed by atoms with Crippen molar-refractivity contribution in [2.45, 2.75) is 31.7 Å². The van der Waals surface area contributed by atoms with Gasteiger partial charge in [-0.25, -0.2) is 0 Å². The Morgan fingerprint density at radius 2 is 1.08 bits per heavy atom. The van der Waals surface area contributed by atoms with Crippen molar-refractivity contribution in [3.8, 4) is 0 Å². The van der Waals surface area contributed by atoms with Crippen LogP contribution in [0.4, 0.5) is 0 Å². The molecule has 3 heteroatoms. The second-order valence-electron chi connectivity index (χ2n) is 7.63. The van der Waals surface area contributed by atoms with Gasteiger partial charge in [0, 0.05) is 0 Å². The Kier molecular flexibility index (Phi) is 4.64. The maximum Gasteiger partial charge on any atom is -1.00 e. The van der Waals surface area contributed by atoms with Crippen molar-refractivity contribution in [3.63, 3.8) is 0 Å². The minimum atomic E-state index is -1.97. The summed E-state index contributed by atoms with van der Waals surface area (Å²) in [5, 5.41) is 0. The molecular weight excluding hydrogens is 350 g/mol. The van der Waals surface area contributed by atoms with Gasteiger partial charge < -0.3 is 9.41 Å². The molecule has 0 aromatic heterocycles. The first-order valence-electron chi connectivity index (χ1n) is 8.75. The monoisotopic (exact) mass is 372 g/mol. The van der Waals surface area contributed by atoms with Gasteiger partial charge in [-0.15, -0.1) is 0 Å². The van der Waals surface area contributed by atoms with Gasteiger partial charge in [0.05, 0.1) is 0 Å². The molecule has 1 aliphatic heterocycles. The zero-order chi connectivity index (χ0) is 15.6. The molecule has 2 unspecified atom stereocenters. The van der Waals surface area contributed by atoms with E-state index >= 15 is 0 Å². The quantitative estimate of drug-likeness (QED) is 0.666. The Labute approximate surface area is 151 Å². The number of allylic oxidation sites excluding steroid dienone is 2. The molecule has 1 saturated heterocycles. The van der Waals surface area contributed by atoms with Gasteiger partial charge in [-0.3, -0.25) is 0 Å². The van der Waals surface area contributed by atoms with Gasteiger partial charge >= 0.3 is 142 Å². The molecule has 0 amide bonds. The second-order valence-corrected chi connectivity index (χ2v) is 14.8. The smallest absolute Gasteiger partial charge is 1.00 e. The molecule has 1 heterocycles. The molecule has 2 aliphatic carbocycles. The average molecular weight is 372 g/mol. The van der Waals surface area contributed by atoms with E-state index in [1.54, 1.807) is 22.3 Å². The topological polar surface area (TPSA) is 0 Å². The minimum Gasteiger partial charge on any atom is -1.00 e. The number of fused-ring (bicyclic) bond motifs is 2. The van der Waals surface area contributed by atoms with Gasteiger partial charge in [-0.1, -0.05) is 0 Å². The van der Waals surface area contributed by atoms with Gasteiger partial charge in [0.1, 0.15) is 0 Å². The number of rotatable bonds is 2. The summed E-state index contributed by atoms with van der Waals surface area (Å²) < 4.78 is 4.64. The minimum absolute atomic E-state index is 0. The molecule has 1 fully saturated rings. The van der Waals surface area contributed by atoms with E-state index in [2.05, 4.69) is 74.5 Å². The summed E-state index contributed by atoms with van der Waals surface area (Å²) in [7, 11) is 0. The summed E-state index contributed by atoms with van der Waals surface area (Å²) in [4.78, 5) is 0. The zero-order valence-electron chi connectivity index (χ0n) is 14.6. The molecule has 0 N–H and O–H groups in total. The van der Waals surface area contributed by atoms with Crippen molar-refractivity contribution < 1.29 is 26.0 Å². The van der Waals surface area contributed by atoms with Gasteiger partial charge in [0.25, 0.3) is 0 Å². The first-order valence-corrected chi connectivity index (χ1v) is 12.8. The van der Waals surface area contributed by atoms with Gasteiger partial charge in [-0.05, 0) is 0 Å². The fraction of sp³-hybridized carbons (Fsp3) is 0.273. The Morgan fingerprint density at radius 1 is 0.680 bits per heavy atom. The Morgan fingerprint density at radius 3 is 1.48 bits per heavy atom. The third-order valence-corrected chi connectivity index (χ3v) is 14.8. The van der Waals surface area contributed by atoms with Gasteiger partial charge in [0.15, 0.2) is 0 Å². The van der Waals surface area contributed by atoms with Crippen LogP contribution in [0.15, 0.2) is 59.7 Å². The van der Waals surface area contributed by atoms with E-state index in [1.807, 2.05) is 0 Å². The summed E-state index contributed by atoms with van der Waals surface area (Å²) in [5.74, 6) is 0. The SMILES string of the molecule is CC1=Cc2ccccc2[CH]1[Ti+2]1([CH]2C(C)=Cc3ccccc32)[CH2][CH2]1.[F-].[F-]. The average Bonchev–Trinajstić information content (AvgIpc) is 3.13. The van der Waals surface area contributed by atoms with E-state index in [-0.39, 0.29) is 9.41 Å². The largest absolute Gasteiger partial charge is 1.00 e. The zero-order valence-corrected chi connectivity index (χ0v) is 16.2. The van der Waals surface area contributed by atoms with Gasteiger partial charge in [-0.2, -0.15) is 0 Å². The van der Waals surface area contributed by atoms with Crippen LogP contribution in [0.25, 0.3) is 12.2 Å². The molecule has 3 aliphatic rings. The van der Waals surface area contributed by atoms with Crippen molar-refractivity contribution in [1.29, 1.82) is 0 Å². The molecule has 0 spiro atoms. The summed E-state index contributed by atoms with van der Waals surface area (Å²) in [6.07, 6.45) is 4.93. The summed E-state index contributed by atoms with van der Waals surface area (Å²) >= 11 is -1.97. The third kappa shape index (κ3) is 2.50. The van der Waals surface area contributed by atoms with E-state index < -0.39 is 16.6 Å². The van der Waals surface area contributed by atoms with Crippen LogP contribution < -0.4 is 9.41 Å². The fourth-order valence-electron chi connectivity index (χ4n) is 5.37. The number of hydrogen-bond acceptors (Lipinski definition) is 0. The van der Waals surface area contributed by atoms with Crippen molar-refractivity contribution in [3.05, 3.63) is 81.9 Å². The van der Waals surface area contributed by atoms with Crippen molar-refractivity contribution in [2.24, 2.45) is 0 Å². The van der Waals surface area contributed by atoms with E-state index in [0.29, 0.717) is 0 Å². The number of benzene rings is 2. The van der Waals surface area contributed by atoms with Crippen LogP contribution in [0.3, 0.4) is 0 Å². The second kappa shape index (κ2) is 6.34. The van der Waals surface area contributed by atoms with Crippen LogP contribution in [-0.2, 0) is 16.6 Å². The van der Waals surface area contributed by atoms with E-state index in [0.717, 1.165) is 8.45 Å². The maximum absolute atomic E-state index is 2.46. The van der Waals surface area contributed by atoms with Crippen LogP contribution in [0, 0.1) is 0 Å². The van der Waals surface area contributed by atoms with Crippen molar-refractivity contribution >= 4 is 12.2 Å². The van der Waals surface area contributed by atoms with E-state index in [1.165, 1.54) is 20.6 Å². The molecule has 128 valence electrons. The standard InChI is InChI=1S/2C10H9.C2H4.2FH.Ti/c2*1-8-6-9-4-2-3-5-10(9)7-8;1-2;;;/h2*2-7H,1H3;1-2H2;2*1H;/q;;;;;+2/p-2. The molecule has 0 radical (unpaired) electrons. The first kappa shape index (κ1) is 18.3. The predicted octanol–water partition coefficient (Wildman–Crippen LogP) is 0.315. The van der Waals surface area contributed by atoms with Crippen LogP contribution in [-0.4, -0.2) is 0 Å². The molecule has 0 saturated carbocycles. The van der Waals surface area contributed by atoms with Crippen molar-refractivity contribution in [1.82, 2.24) is 0 Å². The van der Waals surface area contributed by atoms with Crippen LogP contribution in [0.1, 0.15) is 44.5 Å². The summed E-state index contributed by atoms with van der Waals surface area (Å²) in [5.41, 5.74) is 9.53. The van der Waals surface area contributed by atoms with Crippen molar-refractivity contribution in [2.75, 3.05) is 0 Å². The normalized spacial score (nSPS) is 23.0. The molecule has 2 aromatic carbocycles. The molecule has 0 nitrogen and oxygen atoms in total. The first-order chi connectivity index (χ1) is 11.2. The predicted molar refractivity (Wildman–Crippen MR) is 95.3 cm³/mol. The molecule has 2 atom stereocenters. The number of hydrogen-bond donors (Lipinski definition) is 0. The third-order valence-electron chi connectivity index (χ3n) is 6.27. The molecule has 0 bridgehead atoms. The number of halogens is 2. The Hall–Kier alpha value is -1.51. The van der Waals surface area contributed by atoms with Crippen LogP contribution >= 0.6 is 0 Å². The molecule has 5 rings (SSSR count). The van der Waals surface area contributed by atoms with E-state index in [4.69, 9.17) is 0 Å². The summed E-state index contributed by atoms with van der Waals surface area (Å²) in [6.45, 7) is 4.77. The molecule has 25 heavy (non-hydrogen) atoms. The van der Waals surface area contributed by atoms with Gasteiger partial charge in [0.2, 0.25) is 0 Å². The molecular formula is C22H22F2Ti. The van der Waals surface area contributed by atoms with Crippen LogP contribution in [0.5, 0.6) is 0 Å². The van der Waals surface area contributed by atoms with Crippen LogP contribution in [0.2, 0.25) is 9.45 Å². The summed E-state index contributed by atoms with van der Waals surface area (Å²) in [6, 6.07) is 18.3. The maximum atomic E-state index is 2.46. The Balaban J connectivity index is 0.000000911. The van der Waals surface area contributed by atoms with E-state index in [9.17, 15) is 0 Å². The Bertz CT molecular complexity index is 808.